The van der Waals surface area contributed by atoms with Crippen LogP contribution >= 0.6 is 23.2 Å². The van der Waals surface area contributed by atoms with Crippen LogP contribution in [0.25, 0.3) is 0 Å². The van der Waals surface area contributed by atoms with Crippen molar-refractivity contribution in [1.29, 1.82) is 0 Å². The zero-order chi connectivity index (χ0) is 22.3. The molecule has 2 aromatic rings. The molecule has 2 aromatic carbocycles. The van der Waals surface area contributed by atoms with Gasteiger partial charge in [-0.15, -0.1) is 0 Å². The Hall–Kier alpha value is -1.66. The van der Waals surface area contributed by atoms with Gasteiger partial charge in [0.15, 0.2) is 0 Å². The molecule has 0 bridgehead atoms. The molecule has 1 N–H and O–H groups in total. The molecule has 7 heteroatoms. The molecule has 1 aliphatic heterocycles. The van der Waals surface area contributed by atoms with E-state index in [9.17, 15) is 14.3 Å². The smallest absolute Gasteiger partial charge is 0.338 e. The van der Waals surface area contributed by atoms with Gasteiger partial charge in [0.25, 0.3) is 0 Å². The van der Waals surface area contributed by atoms with Gasteiger partial charge in [-0.3, -0.25) is 9.80 Å². The number of rotatable bonds is 6. The van der Waals surface area contributed by atoms with Crippen molar-refractivity contribution < 1.29 is 14.3 Å². The van der Waals surface area contributed by atoms with Gasteiger partial charge in [0.2, 0.25) is 0 Å². The van der Waals surface area contributed by atoms with Gasteiger partial charge in [-0.2, -0.15) is 0 Å². The molecule has 0 radical (unpaired) electrons. The number of nitrogens with zero attached hydrogens (tertiary/aromatic N) is 2. The summed E-state index contributed by atoms with van der Waals surface area (Å²) in [5, 5.41) is 10.6. The third kappa shape index (κ3) is 5.06. The summed E-state index contributed by atoms with van der Waals surface area (Å²) >= 11 is 12.4. The summed E-state index contributed by atoms with van der Waals surface area (Å²) in [6.07, 6.45) is 2.09. The Morgan fingerprint density at radius 1 is 1.16 bits per heavy atom. The summed E-state index contributed by atoms with van der Waals surface area (Å²) < 4.78 is 14.4. The monoisotopic (exact) mass is 464 g/mol. The molecule has 2 fully saturated rings. The fourth-order valence-corrected chi connectivity index (χ4v) is 5.26. The molecular formula is C24H27Cl2FN2O2. The Kier molecular flexibility index (Phi) is 6.59. The van der Waals surface area contributed by atoms with E-state index >= 15 is 0 Å². The highest BCUT2D eigenvalue weighted by atomic mass is 35.5. The van der Waals surface area contributed by atoms with Crippen LogP contribution < -0.4 is 0 Å². The number of carbonyl (C=O) groups is 1. The number of benzene rings is 2. The quantitative estimate of drug-likeness (QED) is 0.571. The van der Waals surface area contributed by atoms with Gasteiger partial charge in [-0.25, -0.2) is 9.18 Å². The molecule has 2 atom stereocenters. The number of hydrogen-bond acceptors (Lipinski definition) is 3. The van der Waals surface area contributed by atoms with E-state index in [1.165, 1.54) is 6.07 Å². The van der Waals surface area contributed by atoms with Gasteiger partial charge in [0, 0.05) is 48.3 Å². The van der Waals surface area contributed by atoms with Crippen molar-refractivity contribution in [3.05, 3.63) is 68.4 Å². The Balaban J connectivity index is 1.47. The highest BCUT2D eigenvalue weighted by Crippen LogP contribution is 2.43. The number of aromatic carboxylic acids is 1. The van der Waals surface area contributed by atoms with Crippen molar-refractivity contribution in [1.82, 2.24) is 9.80 Å². The molecule has 4 nitrogen and oxygen atoms in total. The summed E-state index contributed by atoms with van der Waals surface area (Å²) in [6.45, 7) is 7.59. The first-order chi connectivity index (χ1) is 14.7. The lowest BCUT2D eigenvalue weighted by Crippen LogP contribution is -2.52. The van der Waals surface area contributed by atoms with E-state index in [1.807, 2.05) is 12.1 Å². The summed E-state index contributed by atoms with van der Waals surface area (Å²) in [7, 11) is 0. The van der Waals surface area contributed by atoms with E-state index in [4.69, 9.17) is 23.2 Å². The van der Waals surface area contributed by atoms with Crippen molar-refractivity contribution >= 4 is 29.2 Å². The second kappa shape index (κ2) is 9.07. The van der Waals surface area contributed by atoms with Crippen LogP contribution in [-0.4, -0.2) is 46.6 Å². The van der Waals surface area contributed by atoms with E-state index < -0.39 is 11.8 Å². The molecule has 1 saturated heterocycles. The predicted molar refractivity (Wildman–Crippen MR) is 122 cm³/mol. The third-order valence-corrected chi connectivity index (χ3v) is 6.93. The molecular weight excluding hydrogens is 438 g/mol. The Bertz CT molecular complexity index is 976. The van der Waals surface area contributed by atoms with Crippen molar-refractivity contribution in [2.45, 2.75) is 51.2 Å². The highest BCUT2D eigenvalue weighted by molar-refractivity contribution is 6.34. The molecule has 0 amide bonds. The maximum Gasteiger partial charge on any atom is 0.338 e. The lowest BCUT2D eigenvalue weighted by molar-refractivity contribution is 0.0503. The Labute approximate surface area is 192 Å². The van der Waals surface area contributed by atoms with Crippen LogP contribution in [0.2, 0.25) is 10.0 Å². The number of piperazine rings is 1. The van der Waals surface area contributed by atoms with Gasteiger partial charge in [-0.1, -0.05) is 23.2 Å². The number of halogens is 3. The second-order valence-electron chi connectivity index (χ2n) is 8.81. The van der Waals surface area contributed by atoms with Gasteiger partial charge < -0.3 is 5.11 Å². The average Bonchev–Trinajstić information content (AvgIpc) is 3.52. The van der Waals surface area contributed by atoms with E-state index in [2.05, 4.69) is 23.6 Å². The maximum absolute atomic E-state index is 14.4. The van der Waals surface area contributed by atoms with E-state index in [0.717, 1.165) is 49.2 Å². The van der Waals surface area contributed by atoms with Gasteiger partial charge in [-0.05, 0) is 79.6 Å². The summed E-state index contributed by atoms with van der Waals surface area (Å²) in [5.74, 6) is -1.49. The Morgan fingerprint density at radius 2 is 1.84 bits per heavy atom. The molecule has 0 aromatic heterocycles. The van der Waals surface area contributed by atoms with Crippen LogP contribution in [0.15, 0.2) is 30.3 Å². The summed E-state index contributed by atoms with van der Waals surface area (Å²) in [5.41, 5.74) is 2.79. The first-order valence-electron chi connectivity index (χ1n) is 10.7. The number of carboxylic acid groups (broad SMARTS) is 1. The van der Waals surface area contributed by atoms with Crippen LogP contribution in [0.5, 0.6) is 0 Å². The molecule has 4 rings (SSSR count). The lowest BCUT2D eigenvalue weighted by atomic mass is 9.98. The zero-order valence-corrected chi connectivity index (χ0v) is 19.3. The first kappa shape index (κ1) is 22.5. The van der Waals surface area contributed by atoms with E-state index in [0.29, 0.717) is 28.5 Å². The van der Waals surface area contributed by atoms with Crippen molar-refractivity contribution in [2.24, 2.45) is 0 Å². The van der Waals surface area contributed by atoms with Crippen molar-refractivity contribution in [3.63, 3.8) is 0 Å². The zero-order valence-electron chi connectivity index (χ0n) is 17.7. The van der Waals surface area contributed by atoms with Crippen molar-refractivity contribution in [2.75, 3.05) is 19.6 Å². The lowest BCUT2D eigenvalue weighted by Gasteiger charge is -2.43. The fourth-order valence-electron chi connectivity index (χ4n) is 4.72. The predicted octanol–water partition coefficient (Wildman–Crippen LogP) is 5.98. The normalized spacial score (nSPS) is 21.3. The number of hydrogen-bond donors (Lipinski definition) is 1. The van der Waals surface area contributed by atoms with E-state index in [-0.39, 0.29) is 11.6 Å². The third-order valence-electron chi connectivity index (χ3n) is 6.50. The van der Waals surface area contributed by atoms with Crippen LogP contribution in [-0.2, 0) is 6.54 Å². The molecule has 2 aliphatic rings. The van der Waals surface area contributed by atoms with Crippen LogP contribution in [0.1, 0.15) is 65.7 Å². The van der Waals surface area contributed by atoms with Gasteiger partial charge in [0.05, 0.1) is 5.56 Å². The molecule has 1 saturated carbocycles. The average molecular weight is 465 g/mol. The minimum atomic E-state index is -1.21. The minimum Gasteiger partial charge on any atom is -0.478 e. The van der Waals surface area contributed by atoms with Crippen molar-refractivity contribution in [3.8, 4) is 0 Å². The first-order valence-corrected chi connectivity index (χ1v) is 11.5. The fraction of sp³-hybridized carbons (Fsp3) is 0.458. The standard InChI is InChI=1S/C24H27Cl2FN2O2/c1-14-12-28(5-6-29(14)15(2)17-7-19(25)10-20(26)8-17)13-18-9-23(27)22(24(30)31)11-21(18)16-3-4-16/h7-11,14-16H,3-6,12-13H2,1-2H3,(H,30,31)/t14?,15-/m0/s1. The molecule has 166 valence electrons. The minimum absolute atomic E-state index is 0.183. The van der Waals surface area contributed by atoms with Crippen LogP contribution in [0.3, 0.4) is 0 Å². The molecule has 1 heterocycles. The van der Waals surface area contributed by atoms with Gasteiger partial charge in [0.1, 0.15) is 5.82 Å². The SMILES string of the molecule is CC1CN(Cc2cc(F)c(C(=O)O)cc2C2CC2)CCN1[C@@H](C)c1cc(Cl)cc(Cl)c1. The summed E-state index contributed by atoms with van der Waals surface area (Å²) in [6, 6.07) is 9.14. The number of carboxylic acids is 1. The summed E-state index contributed by atoms with van der Waals surface area (Å²) in [4.78, 5) is 16.1. The van der Waals surface area contributed by atoms with E-state index in [1.54, 1.807) is 12.1 Å². The molecule has 0 spiro atoms. The van der Waals surface area contributed by atoms with Gasteiger partial charge >= 0.3 is 5.97 Å². The molecule has 1 aliphatic carbocycles. The molecule has 31 heavy (non-hydrogen) atoms. The molecule has 1 unspecified atom stereocenters. The van der Waals surface area contributed by atoms with Crippen LogP contribution in [0, 0.1) is 5.82 Å². The largest absolute Gasteiger partial charge is 0.478 e. The Morgan fingerprint density at radius 3 is 2.42 bits per heavy atom. The maximum atomic E-state index is 14.4. The topological polar surface area (TPSA) is 43.8 Å². The van der Waals surface area contributed by atoms with Crippen LogP contribution in [0.4, 0.5) is 4.39 Å². The second-order valence-corrected chi connectivity index (χ2v) is 9.68. The highest BCUT2D eigenvalue weighted by Gasteiger charge is 2.31.